The van der Waals surface area contributed by atoms with Crippen molar-refractivity contribution >= 4 is 11.3 Å². The summed E-state index contributed by atoms with van der Waals surface area (Å²) in [6, 6.07) is 0. The first-order valence-electron chi connectivity index (χ1n) is 7.87. The van der Waals surface area contributed by atoms with Gasteiger partial charge in [-0.1, -0.05) is 13.8 Å². The molecule has 0 aromatic carbocycles. The predicted molar refractivity (Wildman–Crippen MR) is 83.2 cm³/mol. The molecule has 0 spiro atoms. The summed E-state index contributed by atoms with van der Waals surface area (Å²) in [4.78, 5) is 0. The van der Waals surface area contributed by atoms with Gasteiger partial charge in [-0.15, -0.1) is 21.5 Å². The molecule has 1 saturated heterocycles. The van der Waals surface area contributed by atoms with Gasteiger partial charge in [0.1, 0.15) is 10.0 Å². The maximum atomic E-state index is 5.64. The van der Waals surface area contributed by atoms with Crippen LogP contribution in [0.3, 0.4) is 0 Å². The maximum Gasteiger partial charge on any atom is 0.117 e. The van der Waals surface area contributed by atoms with Gasteiger partial charge < -0.3 is 10.1 Å². The van der Waals surface area contributed by atoms with E-state index >= 15 is 0 Å². The van der Waals surface area contributed by atoms with E-state index in [0.717, 1.165) is 51.3 Å². The molecule has 1 N–H and O–H groups in total. The Labute approximate surface area is 126 Å². The molecule has 4 nitrogen and oxygen atoms in total. The fourth-order valence-corrected chi connectivity index (χ4v) is 3.30. The molecule has 20 heavy (non-hydrogen) atoms. The van der Waals surface area contributed by atoms with Gasteiger partial charge in [0.05, 0.1) is 6.10 Å². The summed E-state index contributed by atoms with van der Waals surface area (Å²) in [6.07, 6.45) is 7.21. The molecule has 0 radical (unpaired) electrons. The Kier molecular flexibility index (Phi) is 6.90. The Morgan fingerprint density at radius 3 is 2.80 bits per heavy atom. The minimum atomic E-state index is 0.461. The van der Waals surface area contributed by atoms with Crippen LogP contribution in [0.5, 0.6) is 0 Å². The Morgan fingerprint density at radius 2 is 2.10 bits per heavy atom. The minimum absolute atomic E-state index is 0.461. The monoisotopic (exact) mass is 297 g/mol. The van der Waals surface area contributed by atoms with E-state index in [1.807, 2.05) is 0 Å². The van der Waals surface area contributed by atoms with E-state index in [4.69, 9.17) is 4.74 Å². The fourth-order valence-electron chi connectivity index (χ4n) is 2.40. The summed E-state index contributed by atoms with van der Waals surface area (Å²) < 4.78 is 5.64. The molecule has 0 saturated carbocycles. The van der Waals surface area contributed by atoms with Crippen molar-refractivity contribution in [3.63, 3.8) is 0 Å². The van der Waals surface area contributed by atoms with E-state index in [0.29, 0.717) is 6.10 Å². The topological polar surface area (TPSA) is 47.0 Å². The first-order chi connectivity index (χ1) is 9.74. The van der Waals surface area contributed by atoms with Crippen LogP contribution in [0, 0.1) is 5.92 Å². The lowest BCUT2D eigenvalue weighted by atomic mass is 10.1. The summed E-state index contributed by atoms with van der Waals surface area (Å²) in [5.41, 5.74) is 0. The second-order valence-electron chi connectivity index (χ2n) is 5.96. The summed E-state index contributed by atoms with van der Waals surface area (Å²) in [5, 5.41) is 14.4. The van der Waals surface area contributed by atoms with Gasteiger partial charge in [-0.2, -0.15) is 0 Å². The number of hydrogen-bond acceptors (Lipinski definition) is 5. The number of aryl methyl sites for hydroxylation is 2. The van der Waals surface area contributed by atoms with E-state index in [-0.39, 0.29) is 0 Å². The zero-order chi connectivity index (χ0) is 14.2. The van der Waals surface area contributed by atoms with Crippen LogP contribution in [-0.4, -0.2) is 36.0 Å². The average molecular weight is 297 g/mol. The molecular formula is C15H27N3OS. The molecule has 0 bridgehead atoms. The number of nitrogens with one attached hydrogen (secondary N) is 1. The zero-order valence-electron chi connectivity index (χ0n) is 12.7. The highest BCUT2D eigenvalue weighted by molar-refractivity contribution is 7.11. The van der Waals surface area contributed by atoms with Crippen LogP contribution >= 0.6 is 11.3 Å². The van der Waals surface area contributed by atoms with E-state index in [1.54, 1.807) is 11.3 Å². The molecule has 1 fully saturated rings. The molecule has 2 rings (SSSR count). The Bertz CT molecular complexity index is 375. The van der Waals surface area contributed by atoms with Crippen molar-refractivity contribution < 1.29 is 4.74 Å². The Morgan fingerprint density at radius 1 is 1.30 bits per heavy atom. The summed E-state index contributed by atoms with van der Waals surface area (Å²) in [6.45, 7) is 7.58. The minimum Gasteiger partial charge on any atom is -0.378 e. The second-order valence-corrected chi connectivity index (χ2v) is 7.11. The van der Waals surface area contributed by atoms with Gasteiger partial charge in [-0.3, -0.25) is 0 Å². The summed E-state index contributed by atoms with van der Waals surface area (Å²) in [7, 11) is 0. The van der Waals surface area contributed by atoms with Gasteiger partial charge in [0.15, 0.2) is 0 Å². The third-order valence-corrected chi connectivity index (χ3v) is 4.55. The number of rotatable bonds is 9. The molecule has 1 aliphatic heterocycles. The lowest BCUT2D eigenvalue weighted by molar-refractivity contribution is 0.104. The van der Waals surface area contributed by atoms with Gasteiger partial charge in [0.2, 0.25) is 0 Å². The highest BCUT2D eigenvalue weighted by atomic mass is 32.1. The van der Waals surface area contributed by atoms with E-state index < -0.39 is 0 Å². The van der Waals surface area contributed by atoms with E-state index in [1.165, 1.54) is 22.9 Å². The van der Waals surface area contributed by atoms with Crippen LogP contribution in [0.1, 0.15) is 49.5 Å². The molecule has 0 amide bonds. The van der Waals surface area contributed by atoms with Crippen molar-refractivity contribution in [3.05, 3.63) is 10.0 Å². The van der Waals surface area contributed by atoms with Crippen molar-refractivity contribution in [2.24, 2.45) is 5.92 Å². The zero-order valence-corrected chi connectivity index (χ0v) is 13.5. The van der Waals surface area contributed by atoms with Gasteiger partial charge in [0, 0.05) is 19.4 Å². The van der Waals surface area contributed by atoms with Crippen molar-refractivity contribution in [3.8, 4) is 0 Å². The Hall–Kier alpha value is -0.520. The van der Waals surface area contributed by atoms with Crippen LogP contribution in [0.2, 0.25) is 0 Å². The SMILES string of the molecule is CC(C)CNCCCc1nnc(CCC2CCCO2)s1. The van der Waals surface area contributed by atoms with Crippen LogP contribution < -0.4 is 5.32 Å². The van der Waals surface area contributed by atoms with Crippen molar-refractivity contribution in [2.45, 2.75) is 58.5 Å². The quantitative estimate of drug-likeness (QED) is 0.712. The summed E-state index contributed by atoms with van der Waals surface area (Å²) in [5.74, 6) is 0.723. The van der Waals surface area contributed by atoms with Crippen LogP contribution in [0.25, 0.3) is 0 Å². The van der Waals surface area contributed by atoms with Crippen LogP contribution in [0.15, 0.2) is 0 Å². The molecule has 1 aromatic heterocycles. The number of hydrogen-bond donors (Lipinski definition) is 1. The fraction of sp³-hybridized carbons (Fsp3) is 0.867. The predicted octanol–water partition coefficient (Wildman–Crippen LogP) is 2.83. The largest absolute Gasteiger partial charge is 0.378 e. The van der Waals surface area contributed by atoms with Gasteiger partial charge in [0.25, 0.3) is 0 Å². The van der Waals surface area contributed by atoms with E-state index in [9.17, 15) is 0 Å². The second kappa shape index (κ2) is 8.70. The van der Waals surface area contributed by atoms with E-state index in [2.05, 4.69) is 29.4 Å². The smallest absolute Gasteiger partial charge is 0.117 e. The first kappa shape index (κ1) is 15.9. The molecule has 1 atom stereocenters. The lowest BCUT2D eigenvalue weighted by Crippen LogP contribution is -2.21. The van der Waals surface area contributed by atoms with Gasteiger partial charge in [-0.25, -0.2) is 0 Å². The lowest BCUT2D eigenvalue weighted by Gasteiger charge is -2.06. The molecule has 114 valence electrons. The third-order valence-electron chi connectivity index (χ3n) is 3.51. The van der Waals surface area contributed by atoms with Crippen LogP contribution in [-0.2, 0) is 17.6 Å². The molecule has 1 aromatic rings. The normalized spacial score (nSPS) is 19.1. The number of nitrogens with zero attached hydrogens (tertiary/aromatic N) is 2. The van der Waals surface area contributed by atoms with Gasteiger partial charge in [-0.05, 0) is 44.7 Å². The Balaban J connectivity index is 1.59. The molecule has 1 unspecified atom stereocenters. The molecule has 5 heteroatoms. The summed E-state index contributed by atoms with van der Waals surface area (Å²) >= 11 is 1.78. The number of aromatic nitrogens is 2. The highest BCUT2D eigenvalue weighted by Gasteiger charge is 2.16. The number of ether oxygens (including phenoxy) is 1. The van der Waals surface area contributed by atoms with Crippen LogP contribution in [0.4, 0.5) is 0 Å². The van der Waals surface area contributed by atoms with Crippen molar-refractivity contribution in [2.75, 3.05) is 19.7 Å². The van der Waals surface area contributed by atoms with Crippen molar-refractivity contribution in [1.82, 2.24) is 15.5 Å². The molecular weight excluding hydrogens is 270 g/mol. The molecule has 1 aliphatic rings. The maximum absolute atomic E-state index is 5.64. The first-order valence-corrected chi connectivity index (χ1v) is 8.69. The average Bonchev–Trinajstić information content (AvgIpc) is 3.07. The molecule has 2 heterocycles. The highest BCUT2D eigenvalue weighted by Crippen LogP contribution is 2.19. The molecule has 0 aliphatic carbocycles. The third kappa shape index (κ3) is 5.85. The van der Waals surface area contributed by atoms with Gasteiger partial charge >= 0.3 is 0 Å². The van der Waals surface area contributed by atoms with Crippen molar-refractivity contribution in [1.29, 1.82) is 0 Å². The standard InChI is InChI=1S/C15H27N3OS/c1-12(2)11-16-9-3-6-14-17-18-15(20-14)8-7-13-5-4-10-19-13/h12-13,16H,3-11H2,1-2H3.